The highest BCUT2D eigenvalue weighted by Crippen LogP contribution is 2.31. The number of hydrogen-bond donors (Lipinski definition) is 1. The van der Waals surface area contributed by atoms with Gasteiger partial charge in [-0.2, -0.15) is 5.10 Å². The van der Waals surface area contributed by atoms with E-state index in [-0.39, 0.29) is 11.9 Å². The van der Waals surface area contributed by atoms with Crippen LogP contribution in [-0.2, 0) is 6.42 Å². The van der Waals surface area contributed by atoms with Crippen molar-refractivity contribution in [2.75, 3.05) is 0 Å². The summed E-state index contributed by atoms with van der Waals surface area (Å²) in [5.41, 5.74) is 4.45. The second-order valence-electron chi connectivity index (χ2n) is 7.11. The molecular formula is C21H20N6O. The van der Waals surface area contributed by atoms with Crippen LogP contribution in [0.1, 0.15) is 46.2 Å². The number of carbonyl (C=O) groups is 1. The molecule has 0 radical (unpaired) electrons. The zero-order valence-electron chi connectivity index (χ0n) is 15.5. The molecule has 1 N–H and O–H groups in total. The number of hydrogen-bond acceptors (Lipinski definition) is 4. The summed E-state index contributed by atoms with van der Waals surface area (Å²) < 4.78 is 3.76. The van der Waals surface area contributed by atoms with Crippen LogP contribution < -0.4 is 5.32 Å². The molecule has 1 atom stereocenters. The average molecular weight is 372 g/mol. The maximum Gasteiger partial charge on any atom is 0.271 e. The summed E-state index contributed by atoms with van der Waals surface area (Å²) in [6.07, 6.45) is 10.1. The third-order valence-electron chi connectivity index (χ3n) is 5.27. The first-order chi connectivity index (χ1) is 13.7. The van der Waals surface area contributed by atoms with Gasteiger partial charge in [0, 0.05) is 24.2 Å². The third kappa shape index (κ3) is 2.76. The van der Waals surface area contributed by atoms with Crippen LogP contribution in [-0.4, -0.2) is 30.1 Å². The summed E-state index contributed by atoms with van der Waals surface area (Å²) in [6.45, 7) is 1.99. The van der Waals surface area contributed by atoms with E-state index in [1.54, 1.807) is 12.4 Å². The molecule has 1 aliphatic rings. The molecule has 0 bridgehead atoms. The highest BCUT2D eigenvalue weighted by atomic mass is 16.2. The normalized spacial score (nSPS) is 16.1. The molecule has 0 saturated carbocycles. The van der Waals surface area contributed by atoms with Gasteiger partial charge in [0.1, 0.15) is 11.3 Å². The Labute approximate surface area is 162 Å². The molecule has 0 saturated heterocycles. The van der Waals surface area contributed by atoms with E-state index in [0.717, 1.165) is 47.5 Å². The van der Waals surface area contributed by atoms with E-state index in [1.807, 2.05) is 58.7 Å². The van der Waals surface area contributed by atoms with Crippen molar-refractivity contribution in [2.45, 2.75) is 32.2 Å². The molecule has 4 aromatic heterocycles. The first kappa shape index (κ1) is 16.7. The number of nitrogens with zero attached hydrogens (tertiary/aromatic N) is 5. The van der Waals surface area contributed by atoms with Gasteiger partial charge in [0.15, 0.2) is 5.82 Å². The molecule has 0 aliphatic heterocycles. The summed E-state index contributed by atoms with van der Waals surface area (Å²) in [5, 5.41) is 7.68. The summed E-state index contributed by atoms with van der Waals surface area (Å²) in [4.78, 5) is 21.8. The molecule has 4 heterocycles. The fourth-order valence-corrected chi connectivity index (χ4v) is 3.88. The smallest absolute Gasteiger partial charge is 0.271 e. The Morgan fingerprint density at radius 2 is 2.18 bits per heavy atom. The Balaban J connectivity index is 1.43. The number of nitrogens with one attached hydrogen (secondary N) is 1. The molecule has 4 aromatic rings. The Bertz CT molecular complexity index is 1160. The maximum atomic E-state index is 12.9. The number of amides is 1. The standard InChI is InChI=1S/C21H20N6O/c1-14-6-5-11-26-13-17(24-20(14)26)21(28)25-16-7-4-8-18-15(16)12-23-27(18)19-9-2-3-10-22-19/h2-3,5-6,9-13,16H,4,7-8H2,1H3,(H,25,28)/t16-/m1/s1. The minimum absolute atomic E-state index is 0.0698. The molecule has 0 aromatic carbocycles. The van der Waals surface area contributed by atoms with Gasteiger partial charge in [-0.05, 0) is 49.9 Å². The number of fused-ring (bicyclic) bond motifs is 2. The van der Waals surface area contributed by atoms with Gasteiger partial charge >= 0.3 is 0 Å². The quantitative estimate of drug-likeness (QED) is 0.600. The lowest BCUT2D eigenvalue weighted by Gasteiger charge is -2.23. The monoisotopic (exact) mass is 372 g/mol. The second-order valence-corrected chi connectivity index (χ2v) is 7.11. The van der Waals surface area contributed by atoms with Crippen LogP contribution in [0.3, 0.4) is 0 Å². The molecule has 0 unspecified atom stereocenters. The minimum Gasteiger partial charge on any atom is -0.344 e. The number of imidazole rings is 1. The largest absolute Gasteiger partial charge is 0.344 e. The van der Waals surface area contributed by atoms with Crippen LogP contribution in [0.4, 0.5) is 0 Å². The van der Waals surface area contributed by atoms with Crippen LogP contribution in [0.5, 0.6) is 0 Å². The van der Waals surface area contributed by atoms with Gasteiger partial charge in [-0.25, -0.2) is 14.6 Å². The molecule has 5 rings (SSSR count). The fraction of sp³-hybridized carbons (Fsp3) is 0.238. The van der Waals surface area contributed by atoms with E-state index in [1.165, 1.54) is 0 Å². The molecule has 7 heteroatoms. The lowest BCUT2D eigenvalue weighted by atomic mass is 9.93. The molecule has 1 aliphatic carbocycles. The molecule has 1 amide bonds. The number of carbonyl (C=O) groups excluding carboxylic acids is 1. The molecular weight excluding hydrogens is 352 g/mol. The van der Waals surface area contributed by atoms with E-state index in [0.29, 0.717) is 5.69 Å². The van der Waals surface area contributed by atoms with E-state index in [4.69, 9.17) is 0 Å². The van der Waals surface area contributed by atoms with Gasteiger partial charge in [0.25, 0.3) is 5.91 Å². The maximum absolute atomic E-state index is 12.9. The van der Waals surface area contributed by atoms with E-state index < -0.39 is 0 Å². The van der Waals surface area contributed by atoms with Crippen molar-refractivity contribution >= 4 is 11.6 Å². The SMILES string of the molecule is Cc1cccn2cc(C(=O)N[C@@H]3CCCc4c3cnn4-c3ccccn3)nc12. The first-order valence-corrected chi connectivity index (χ1v) is 9.44. The van der Waals surface area contributed by atoms with Crippen LogP contribution in [0, 0.1) is 6.92 Å². The van der Waals surface area contributed by atoms with Gasteiger partial charge in [0.05, 0.1) is 17.9 Å². The van der Waals surface area contributed by atoms with Gasteiger partial charge in [-0.3, -0.25) is 4.79 Å². The van der Waals surface area contributed by atoms with E-state index >= 15 is 0 Å². The Morgan fingerprint density at radius 3 is 3.00 bits per heavy atom. The van der Waals surface area contributed by atoms with E-state index in [2.05, 4.69) is 20.4 Å². The Hall–Kier alpha value is -3.48. The third-order valence-corrected chi connectivity index (χ3v) is 5.27. The molecule has 0 spiro atoms. The highest BCUT2D eigenvalue weighted by molar-refractivity contribution is 5.93. The molecule has 140 valence electrons. The lowest BCUT2D eigenvalue weighted by Crippen LogP contribution is -2.31. The first-order valence-electron chi connectivity index (χ1n) is 9.44. The minimum atomic E-state index is -0.161. The molecule has 7 nitrogen and oxygen atoms in total. The van der Waals surface area contributed by atoms with Crippen molar-refractivity contribution in [2.24, 2.45) is 0 Å². The number of pyridine rings is 2. The average Bonchev–Trinajstić information content (AvgIpc) is 3.34. The van der Waals surface area contributed by atoms with Crippen molar-refractivity contribution in [3.8, 4) is 5.82 Å². The van der Waals surface area contributed by atoms with E-state index in [9.17, 15) is 4.79 Å². The molecule has 0 fully saturated rings. The van der Waals surface area contributed by atoms with Gasteiger partial charge < -0.3 is 9.72 Å². The van der Waals surface area contributed by atoms with Crippen molar-refractivity contribution in [3.05, 3.63) is 77.6 Å². The van der Waals surface area contributed by atoms with Crippen molar-refractivity contribution in [1.82, 2.24) is 29.5 Å². The van der Waals surface area contributed by atoms with Crippen LogP contribution in [0.25, 0.3) is 11.5 Å². The van der Waals surface area contributed by atoms with Gasteiger partial charge in [-0.15, -0.1) is 0 Å². The van der Waals surface area contributed by atoms with Crippen LogP contribution in [0.15, 0.2) is 55.1 Å². The van der Waals surface area contributed by atoms with Crippen LogP contribution >= 0.6 is 0 Å². The summed E-state index contributed by atoms with van der Waals surface area (Å²) >= 11 is 0. The topological polar surface area (TPSA) is 77.1 Å². The lowest BCUT2D eigenvalue weighted by molar-refractivity contribution is 0.0928. The predicted molar refractivity (Wildman–Crippen MR) is 104 cm³/mol. The zero-order valence-corrected chi connectivity index (χ0v) is 15.5. The summed E-state index contributed by atoms with van der Waals surface area (Å²) in [7, 11) is 0. The second kappa shape index (κ2) is 6.60. The van der Waals surface area contributed by atoms with Gasteiger partial charge in [0.2, 0.25) is 0 Å². The number of aryl methyl sites for hydroxylation is 1. The highest BCUT2D eigenvalue weighted by Gasteiger charge is 2.27. The zero-order chi connectivity index (χ0) is 19.1. The van der Waals surface area contributed by atoms with Crippen molar-refractivity contribution in [1.29, 1.82) is 0 Å². The number of rotatable bonds is 3. The van der Waals surface area contributed by atoms with Gasteiger partial charge in [-0.1, -0.05) is 12.1 Å². The number of aromatic nitrogens is 5. The predicted octanol–water partition coefficient (Wildman–Crippen LogP) is 3.03. The molecule has 28 heavy (non-hydrogen) atoms. The van der Waals surface area contributed by atoms with Crippen molar-refractivity contribution < 1.29 is 4.79 Å². The van der Waals surface area contributed by atoms with Crippen molar-refractivity contribution in [3.63, 3.8) is 0 Å². The fourth-order valence-electron chi connectivity index (χ4n) is 3.88. The Kier molecular flexibility index (Phi) is 3.93. The summed E-state index contributed by atoms with van der Waals surface area (Å²) in [6, 6.07) is 9.64. The van der Waals surface area contributed by atoms with Crippen LogP contribution in [0.2, 0.25) is 0 Å². The Morgan fingerprint density at radius 1 is 1.25 bits per heavy atom. The summed E-state index contributed by atoms with van der Waals surface area (Å²) in [5.74, 6) is 0.637.